The number of benzene rings is 1. The zero-order chi connectivity index (χ0) is 14.0. The molecule has 1 heterocycles. The zero-order valence-corrected chi connectivity index (χ0v) is 12.0. The van der Waals surface area contributed by atoms with Gasteiger partial charge in [-0.2, -0.15) is 13.2 Å². The lowest BCUT2D eigenvalue weighted by Gasteiger charge is -2.27. The first-order valence-electron chi connectivity index (χ1n) is 5.69. The Balaban J connectivity index is 2.07. The molecule has 0 aromatic heterocycles. The predicted octanol–water partition coefficient (Wildman–Crippen LogP) is 3.63. The van der Waals surface area contributed by atoms with Crippen LogP contribution in [0.5, 0.6) is 0 Å². The summed E-state index contributed by atoms with van der Waals surface area (Å²) in [7, 11) is 0. The number of rotatable bonds is 1. The summed E-state index contributed by atoms with van der Waals surface area (Å²) in [5.74, 6) is -0.228. The Morgan fingerprint density at radius 1 is 1.21 bits per heavy atom. The largest absolute Gasteiger partial charge is 0.412 e. The highest BCUT2D eigenvalue weighted by molar-refractivity contribution is 14.1. The zero-order valence-electron chi connectivity index (χ0n) is 9.88. The number of hydrogen-bond acceptors (Lipinski definition) is 1. The summed E-state index contributed by atoms with van der Waals surface area (Å²) < 4.78 is 38.4. The van der Waals surface area contributed by atoms with Crippen LogP contribution < -0.4 is 0 Å². The van der Waals surface area contributed by atoms with Crippen molar-refractivity contribution < 1.29 is 18.0 Å². The molecule has 1 aliphatic heterocycles. The molecule has 2 nitrogen and oxygen atoms in total. The van der Waals surface area contributed by atoms with Gasteiger partial charge in [0.25, 0.3) is 5.91 Å². The van der Waals surface area contributed by atoms with Gasteiger partial charge < -0.3 is 4.90 Å². The number of nitrogens with zero attached hydrogens (tertiary/aromatic N) is 1. The maximum absolute atomic E-state index is 12.5. The van der Waals surface area contributed by atoms with Crippen molar-refractivity contribution in [3.05, 3.63) is 45.0 Å². The summed E-state index contributed by atoms with van der Waals surface area (Å²) in [6.07, 6.45) is -3.33. The SMILES string of the molecule is O=C(c1ccc(I)cc1)N1CC=C(C(F)(F)F)CC1. The molecule has 0 atom stereocenters. The normalized spacial score (nSPS) is 16.2. The Morgan fingerprint density at radius 2 is 1.84 bits per heavy atom. The molecule has 1 aromatic carbocycles. The van der Waals surface area contributed by atoms with E-state index in [0.29, 0.717) is 5.56 Å². The summed E-state index contributed by atoms with van der Waals surface area (Å²) in [6.45, 7) is 0.121. The first kappa shape index (κ1) is 14.4. The van der Waals surface area contributed by atoms with Crippen LogP contribution in [0, 0.1) is 3.57 Å². The molecule has 2 rings (SSSR count). The average Bonchev–Trinajstić information content (AvgIpc) is 2.38. The number of carbonyl (C=O) groups excluding carboxylic acids is 1. The van der Waals surface area contributed by atoms with E-state index in [0.717, 1.165) is 9.65 Å². The van der Waals surface area contributed by atoms with Crippen molar-refractivity contribution in [3.63, 3.8) is 0 Å². The van der Waals surface area contributed by atoms with E-state index in [2.05, 4.69) is 22.6 Å². The van der Waals surface area contributed by atoms with Crippen LogP contribution in [-0.4, -0.2) is 30.1 Å². The van der Waals surface area contributed by atoms with Crippen molar-refractivity contribution in [2.45, 2.75) is 12.6 Å². The van der Waals surface area contributed by atoms with Crippen LogP contribution in [0.1, 0.15) is 16.8 Å². The second-order valence-electron chi connectivity index (χ2n) is 4.24. The fraction of sp³-hybridized carbons (Fsp3) is 0.308. The van der Waals surface area contributed by atoms with Crippen LogP contribution in [0.2, 0.25) is 0 Å². The third-order valence-corrected chi connectivity index (χ3v) is 3.67. The van der Waals surface area contributed by atoms with Crippen LogP contribution in [0.3, 0.4) is 0 Å². The summed E-state index contributed by atoms with van der Waals surface area (Å²) in [5.41, 5.74) is -0.0385. The lowest BCUT2D eigenvalue weighted by molar-refractivity contribution is -0.0957. The van der Waals surface area contributed by atoms with Crippen LogP contribution >= 0.6 is 22.6 Å². The van der Waals surface area contributed by atoms with E-state index in [4.69, 9.17) is 0 Å². The van der Waals surface area contributed by atoms with Crippen LogP contribution in [-0.2, 0) is 0 Å². The minimum Gasteiger partial charge on any atom is -0.335 e. The van der Waals surface area contributed by atoms with Gasteiger partial charge in [0, 0.05) is 27.8 Å². The number of hydrogen-bond donors (Lipinski definition) is 0. The van der Waals surface area contributed by atoms with Gasteiger partial charge in [0.05, 0.1) is 0 Å². The highest BCUT2D eigenvalue weighted by Gasteiger charge is 2.35. The van der Waals surface area contributed by atoms with E-state index in [1.807, 2.05) is 0 Å². The predicted molar refractivity (Wildman–Crippen MR) is 73.8 cm³/mol. The summed E-state index contributed by atoms with van der Waals surface area (Å²) in [5, 5.41) is 0. The Kier molecular flexibility index (Phi) is 4.17. The van der Waals surface area contributed by atoms with Gasteiger partial charge in [0.2, 0.25) is 0 Å². The van der Waals surface area contributed by atoms with Crippen molar-refractivity contribution in [2.75, 3.05) is 13.1 Å². The molecule has 0 saturated heterocycles. The van der Waals surface area contributed by atoms with E-state index in [1.165, 1.54) is 4.90 Å². The van der Waals surface area contributed by atoms with Crippen molar-refractivity contribution in [1.82, 2.24) is 4.90 Å². The molecule has 0 aliphatic carbocycles. The maximum Gasteiger partial charge on any atom is 0.412 e. The molecule has 0 N–H and O–H groups in total. The fourth-order valence-electron chi connectivity index (χ4n) is 1.89. The quantitative estimate of drug-likeness (QED) is 0.538. The van der Waals surface area contributed by atoms with Crippen molar-refractivity contribution in [1.29, 1.82) is 0 Å². The molecular formula is C13H11F3INO. The molecule has 19 heavy (non-hydrogen) atoms. The van der Waals surface area contributed by atoms with Crippen molar-refractivity contribution in [3.8, 4) is 0 Å². The minimum absolute atomic E-state index is 0.0136. The lowest BCUT2D eigenvalue weighted by atomic mass is 10.1. The van der Waals surface area contributed by atoms with E-state index < -0.39 is 11.7 Å². The molecular weight excluding hydrogens is 370 g/mol. The van der Waals surface area contributed by atoms with Gasteiger partial charge in [-0.05, 0) is 53.3 Å². The summed E-state index contributed by atoms with van der Waals surface area (Å²) in [4.78, 5) is 13.5. The van der Waals surface area contributed by atoms with Crippen LogP contribution in [0.25, 0.3) is 0 Å². The molecule has 0 bridgehead atoms. The molecule has 6 heteroatoms. The molecule has 0 unspecified atom stereocenters. The van der Waals surface area contributed by atoms with Gasteiger partial charge in [-0.25, -0.2) is 0 Å². The Morgan fingerprint density at radius 3 is 2.32 bits per heavy atom. The van der Waals surface area contributed by atoms with E-state index in [-0.39, 0.29) is 25.4 Å². The van der Waals surface area contributed by atoms with E-state index in [9.17, 15) is 18.0 Å². The third kappa shape index (κ3) is 3.49. The first-order chi connectivity index (χ1) is 8.88. The molecule has 0 fully saturated rings. The summed E-state index contributed by atoms with van der Waals surface area (Å²) >= 11 is 2.13. The molecule has 0 radical (unpaired) electrons. The molecule has 0 saturated carbocycles. The fourth-order valence-corrected chi connectivity index (χ4v) is 2.25. The maximum atomic E-state index is 12.5. The van der Waals surface area contributed by atoms with E-state index >= 15 is 0 Å². The third-order valence-electron chi connectivity index (χ3n) is 2.95. The van der Waals surface area contributed by atoms with Gasteiger partial charge in [0.15, 0.2) is 0 Å². The Labute approximate surface area is 122 Å². The second kappa shape index (κ2) is 5.52. The molecule has 0 spiro atoms. The molecule has 1 amide bonds. The van der Waals surface area contributed by atoms with Gasteiger partial charge >= 0.3 is 6.18 Å². The van der Waals surface area contributed by atoms with Crippen LogP contribution in [0.15, 0.2) is 35.9 Å². The van der Waals surface area contributed by atoms with Gasteiger partial charge in [-0.3, -0.25) is 4.79 Å². The lowest BCUT2D eigenvalue weighted by Crippen LogP contribution is -2.36. The highest BCUT2D eigenvalue weighted by atomic mass is 127. The Bertz CT molecular complexity index is 508. The smallest absolute Gasteiger partial charge is 0.335 e. The number of amides is 1. The van der Waals surface area contributed by atoms with Gasteiger partial charge in [0.1, 0.15) is 0 Å². The highest BCUT2D eigenvalue weighted by Crippen LogP contribution is 2.30. The molecule has 1 aromatic rings. The standard InChI is InChI=1S/C13H11F3INO/c14-13(15,16)10-5-7-18(8-6-10)12(19)9-1-3-11(17)4-2-9/h1-5H,6-8H2. The van der Waals surface area contributed by atoms with Gasteiger partial charge in [-0.1, -0.05) is 6.08 Å². The van der Waals surface area contributed by atoms with Crippen LogP contribution in [0.4, 0.5) is 13.2 Å². The molecule has 1 aliphatic rings. The monoisotopic (exact) mass is 381 g/mol. The minimum atomic E-state index is -4.28. The topological polar surface area (TPSA) is 20.3 Å². The first-order valence-corrected chi connectivity index (χ1v) is 6.77. The molecule has 102 valence electrons. The average molecular weight is 381 g/mol. The number of halogens is 4. The number of alkyl halides is 3. The second-order valence-corrected chi connectivity index (χ2v) is 5.48. The van der Waals surface area contributed by atoms with Gasteiger partial charge in [-0.15, -0.1) is 0 Å². The summed E-state index contributed by atoms with van der Waals surface area (Å²) in [6, 6.07) is 6.98. The number of carbonyl (C=O) groups is 1. The van der Waals surface area contributed by atoms with E-state index in [1.54, 1.807) is 24.3 Å². The Hall–Kier alpha value is -1.05. The van der Waals surface area contributed by atoms with Crippen molar-refractivity contribution in [2.24, 2.45) is 0 Å². The van der Waals surface area contributed by atoms with Crippen molar-refractivity contribution >= 4 is 28.5 Å².